The average molecular weight is 450 g/mol. The maximum Gasteiger partial charge on any atom is 0.408 e. The van der Waals surface area contributed by atoms with Crippen LogP contribution in [0, 0.1) is 5.92 Å². The Morgan fingerprint density at radius 1 is 1.19 bits per heavy atom. The molecule has 2 atom stereocenters. The van der Waals surface area contributed by atoms with Crippen LogP contribution in [0.5, 0.6) is 0 Å². The average Bonchev–Trinajstić information content (AvgIpc) is 3.35. The fourth-order valence-corrected chi connectivity index (χ4v) is 4.85. The summed E-state index contributed by atoms with van der Waals surface area (Å²) in [5, 5.41) is 5.78. The van der Waals surface area contributed by atoms with Crippen LogP contribution >= 0.6 is 0 Å². The number of fused-ring (bicyclic) bond motifs is 2. The molecule has 1 aliphatic carbocycles. The van der Waals surface area contributed by atoms with Crippen molar-refractivity contribution in [3.05, 3.63) is 36.4 Å². The summed E-state index contributed by atoms with van der Waals surface area (Å²) in [6, 6.07) is 6.47. The fourth-order valence-electron chi connectivity index (χ4n) is 3.63. The molecule has 1 aliphatic heterocycles. The predicted molar refractivity (Wildman–Crippen MR) is 118 cm³/mol. The summed E-state index contributed by atoms with van der Waals surface area (Å²) in [5.41, 5.74) is -1.65. The predicted octanol–water partition coefficient (Wildman–Crippen LogP) is 3.32. The monoisotopic (exact) mass is 449 g/mol. The Morgan fingerprint density at radius 3 is 2.68 bits per heavy atom. The molecule has 3 N–H and O–H groups in total. The molecule has 2 aliphatic rings. The highest BCUT2D eigenvalue weighted by molar-refractivity contribution is 7.90. The lowest BCUT2D eigenvalue weighted by Crippen LogP contribution is -2.52. The molecule has 1 saturated carbocycles. The van der Waals surface area contributed by atoms with Crippen LogP contribution in [0.1, 0.15) is 52.9 Å². The van der Waals surface area contributed by atoms with E-state index in [1.165, 1.54) is 6.07 Å². The van der Waals surface area contributed by atoms with Crippen LogP contribution in [-0.2, 0) is 19.6 Å². The van der Waals surface area contributed by atoms with Crippen molar-refractivity contribution >= 4 is 27.7 Å². The first kappa shape index (κ1) is 23.1. The lowest BCUT2D eigenvalue weighted by molar-refractivity contribution is -0.122. The highest BCUT2D eigenvalue weighted by atomic mass is 32.2. The van der Waals surface area contributed by atoms with Crippen molar-refractivity contribution in [2.45, 2.75) is 68.9 Å². The second-order valence-corrected chi connectivity index (χ2v) is 10.7. The van der Waals surface area contributed by atoms with E-state index in [-0.39, 0.29) is 10.8 Å². The van der Waals surface area contributed by atoms with E-state index in [1.54, 1.807) is 39.0 Å². The van der Waals surface area contributed by atoms with Crippen molar-refractivity contribution in [1.82, 2.24) is 10.0 Å². The second-order valence-electron chi connectivity index (χ2n) is 9.04. The number of carbonyl (C=O) groups excluding carboxylic acids is 2. The van der Waals surface area contributed by atoms with Crippen molar-refractivity contribution in [3.63, 3.8) is 0 Å². The maximum atomic E-state index is 13.1. The van der Waals surface area contributed by atoms with Gasteiger partial charge in [0.25, 0.3) is 15.9 Å². The Bertz CT molecular complexity index is 968. The van der Waals surface area contributed by atoms with Gasteiger partial charge in [0.15, 0.2) is 0 Å². The molecule has 0 aromatic heterocycles. The van der Waals surface area contributed by atoms with Crippen molar-refractivity contribution < 1.29 is 22.7 Å². The Labute approximate surface area is 183 Å². The number of hydrogen-bond acceptors (Lipinski definition) is 6. The number of amides is 2. The number of carbonyl (C=O) groups is 2. The van der Waals surface area contributed by atoms with Crippen molar-refractivity contribution in [3.8, 4) is 0 Å². The minimum absolute atomic E-state index is 0.00150. The third-order valence-electron chi connectivity index (χ3n) is 5.28. The first-order valence-electron chi connectivity index (χ1n) is 10.6. The zero-order valence-electron chi connectivity index (χ0n) is 18.2. The van der Waals surface area contributed by atoms with Crippen molar-refractivity contribution in [2.75, 3.05) is 11.9 Å². The zero-order valence-corrected chi connectivity index (χ0v) is 19.1. The third-order valence-corrected chi connectivity index (χ3v) is 6.67. The molecule has 170 valence electrons. The molecule has 0 spiro atoms. The number of ether oxygens (including phenoxy) is 1. The van der Waals surface area contributed by atoms with Gasteiger partial charge in [0.05, 0.1) is 5.69 Å². The summed E-state index contributed by atoms with van der Waals surface area (Å²) in [7, 11) is -4.14. The van der Waals surface area contributed by atoms with Gasteiger partial charge in [-0.25, -0.2) is 17.9 Å². The van der Waals surface area contributed by atoms with Crippen LogP contribution in [-0.4, -0.2) is 38.1 Å². The summed E-state index contributed by atoms with van der Waals surface area (Å²) >= 11 is 0. The van der Waals surface area contributed by atoms with Gasteiger partial charge in [0.2, 0.25) is 0 Å². The molecule has 9 heteroatoms. The minimum atomic E-state index is -4.14. The number of nitrogens with one attached hydrogen (secondary N) is 3. The molecule has 3 rings (SSSR count). The van der Waals surface area contributed by atoms with E-state index >= 15 is 0 Å². The Kier molecular flexibility index (Phi) is 6.64. The van der Waals surface area contributed by atoms with Gasteiger partial charge < -0.3 is 15.4 Å². The molecule has 8 nitrogen and oxygen atoms in total. The zero-order chi connectivity index (χ0) is 22.7. The number of alkyl carbamates (subject to hydrolysis) is 1. The van der Waals surface area contributed by atoms with Gasteiger partial charge >= 0.3 is 6.09 Å². The van der Waals surface area contributed by atoms with Crippen LogP contribution in [0.3, 0.4) is 0 Å². The maximum absolute atomic E-state index is 13.1. The van der Waals surface area contributed by atoms with E-state index in [4.69, 9.17) is 4.74 Å². The SMILES string of the molecule is CC(C)(C)OC(=O)N[C@]12C[C@H]1/C=C\CCCCCNc1ccccc1S(=O)(=O)NC2=O. The summed E-state index contributed by atoms with van der Waals surface area (Å²) < 4.78 is 33.5. The quantitative estimate of drug-likeness (QED) is 0.567. The minimum Gasteiger partial charge on any atom is -0.444 e. The normalized spacial score (nSPS) is 27.1. The van der Waals surface area contributed by atoms with Gasteiger partial charge in [0, 0.05) is 12.5 Å². The summed E-state index contributed by atoms with van der Waals surface area (Å²) in [4.78, 5) is 25.5. The van der Waals surface area contributed by atoms with E-state index in [9.17, 15) is 18.0 Å². The van der Waals surface area contributed by atoms with Crippen LogP contribution in [0.25, 0.3) is 0 Å². The Hall–Kier alpha value is -2.55. The molecule has 2 amide bonds. The molecule has 1 heterocycles. The topological polar surface area (TPSA) is 114 Å². The van der Waals surface area contributed by atoms with Gasteiger partial charge in [-0.3, -0.25) is 4.79 Å². The number of benzene rings is 1. The Morgan fingerprint density at radius 2 is 1.94 bits per heavy atom. The van der Waals surface area contributed by atoms with E-state index in [0.717, 1.165) is 25.7 Å². The van der Waals surface area contributed by atoms with Crippen LogP contribution < -0.4 is 15.4 Å². The van der Waals surface area contributed by atoms with Crippen molar-refractivity contribution in [2.24, 2.45) is 5.92 Å². The van der Waals surface area contributed by atoms with Gasteiger partial charge in [-0.15, -0.1) is 0 Å². The first-order chi connectivity index (χ1) is 14.5. The number of hydrogen-bond donors (Lipinski definition) is 3. The lowest BCUT2D eigenvalue weighted by Gasteiger charge is -2.24. The summed E-state index contributed by atoms with van der Waals surface area (Å²) in [6.45, 7) is 5.80. The summed E-state index contributed by atoms with van der Waals surface area (Å²) in [6.07, 6.45) is 7.18. The highest BCUT2D eigenvalue weighted by Crippen LogP contribution is 2.45. The van der Waals surface area contributed by atoms with Gasteiger partial charge in [-0.05, 0) is 58.6 Å². The Balaban J connectivity index is 1.90. The van der Waals surface area contributed by atoms with E-state index in [0.29, 0.717) is 18.7 Å². The fraction of sp³-hybridized carbons (Fsp3) is 0.545. The molecule has 0 saturated heterocycles. The molecule has 0 unspecified atom stereocenters. The first-order valence-corrected chi connectivity index (χ1v) is 12.1. The number of anilines is 1. The number of para-hydroxylation sites is 1. The van der Waals surface area contributed by atoms with E-state index in [1.807, 2.05) is 12.2 Å². The number of allylic oxidation sites excluding steroid dienone is 1. The molecule has 0 bridgehead atoms. The molecular formula is C22H31N3O5S. The van der Waals surface area contributed by atoms with E-state index < -0.39 is 33.2 Å². The number of rotatable bonds is 1. The molecule has 31 heavy (non-hydrogen) atoms. The number of sulfonamides is 1. The second kappa shape index (κ2) is 8.90. The smallest absolute Gasteiger partial charge is 0.408 e. The van der Waals surface area contributed by atoms with Crippen LogP contribution in [0.15, 0.2) is 41.3 Å². The van der Waals surface area contributed by atoms with Gasteiger partial charge in [0.1, 0.15) is 16.0 Å². The lowest BCUT2D eigenvalue weighted by atomic mass is 10.1. The summed E-state index contributed by atoms with van der Waals surface area (Å²) in [5.74, 6) is -1.06. The molecule has 1 aromatic carbocycles. The third kappa shape index (κ3) is 5.78. The van der Waals surface area contributed by atoms with Crippen LogP contribution in [0.2, 0.25) is 0 Å². The largest absolute Gasteiger partial charge is 0.444 e. The standard InChI is InChI=1S/C22H31N3O5S/c1-21(2,3)30-20(27)24-22-15-16(22)11-7-5-4-6-10-14-23-17-12-8-9-13-18(17)31(28,29)25-19(22)26/h7-9,11-13,16,23H,4-6,10,14-15H2,1-3H3,(H,24,27)(H,25,26)/b11-7-/t16-,22-/m1/s1. The molecular weight excluding hydrogens is 418 g/mol. The van der Waals surface area contributed by atoms with Gasteiger partial charge in [-0.2, -0.15) is 0 Å². The highest BCUT2D eigenvalue weighted by Gasteiger charge is 2.61. The van der Waals surface area contributed by atoms with E-state index in [2.05, 4.69) is 15.4 Å². The van der Waals surface area contributed by atoms with Crippen molar-refractivity contribution in [1.29, 1.82) is 0 Å². The molecule has 1 aromatic rings. The van der Waals surface area contributed by atoms with Crippen LogP contribution in [0.4, 0.5) is 10.5 Å². The molecule has 1 fully saturated rings. The van der Waals surface area contributed by atoms with Gasteiger partial charge in [-0.1, -0.05) is 30.7 Å². The molecule has 0 radical (unpaired) electrons.